The van der Waals surface area contributed by atoms with Crippen molar-refractivity contribution in [2.45, 2.75) is 58.9 Å². The lowest BCUT2D eigenvalue weighted by atomic mass is 9.81. The molecule has 2 aliphatic carbocycles. The van der Waals surface area contributed by atoms with Gasteiger partial charge in [-0.2, -0.15) is 0 Å². The number of rotatable bonds is 7. The molecule has 3 amide bonds. The summed E-state index contributed by atoms with van der Waals surface area (Å²) in [6.45, 7) is 5.06. The maximum absolute atomic E-state index is 12.9. The van der Waals surface area contributed by atoms with Gasteiger partial charge in [-0.3, -0.25) is 19.3 Å². The number of ether oxygens (including phenoxy) is 1. The maximum atomic E-state index is 12.9. The lowest BCUT2D eigenvalue weighted by Crippen LogP contribution is -2.45. The first kappa shape index (κ1) is 21.5. The van der Waals surface area contributed by atoms with Crippen molar-refractivity contribution in [3.05, 3.63) is 29.3 Å². The van der Waals surface area contributed by atoms with Crippen LogP contribution < -0.4 is 5.32 Å². The van der Waals surface area contributed by atoms with Crippen LogP contribution in [0.2, 0.25) is 0 Å². The van der Waals surface area contributed by atoms with Gasteiger partial charge in [-0.15, -0.1) is 0 Å². The smallest absolute Gasteiger partial charge is 0.329 e. The molecular weight excluding hydrogens is 396 g/mol. The van der Waals surface area contributed by atoms with Crippen LogP contribution in [0.1, 0.15) is 51.2 Å². The van der Waals surface area contributed by atoms with Crippen molar-refractivity contribution in [3.8, 4) is 0 Å². The molecule has 5 atom stereocenters. The standard InChI is InChI=1S/C24H30N2O5/c1-4-14-7-6-8-15(5-2)21(14)25-18(27)12-31-24(30)13(3)26-22(28)19-16-9-10-17(11-16)20(19)23(26)29/h6-8,13,16-17,19-20H,4-5,9-12H2,1-3H3,(H,25,27)/t13-,16-,17-,19+,20+/m0/s1. The van der Waals surface area contributed by atoms with Crippen LogP contribution in [0.15, 0.2) is 18.2 Å². The van der Waals surface area contributed by atoms with E-state index in [-0.39, 0.29) is 35.5 Å². The number of aryl methyl sites for hydroxylation is 2. The van der Waals surface area contributed by atoms with Gasteiger partial charge in [0.1, 0.15) is 6.04 Å². The molecule has 1 aromatic rings. The number of carbonyl (C=O) groups excluding carboxylic acids is 4. The molecule has 7 nitrogen and oxygen atoms in total. The van der Waals surface area contributed by atoms with Gasteiger partial charge in [0.2, 0.25) is 11.8 Å². The predicted octanol–water partition coefficient (Wildman–Crippen LogP) is 2.71. The van der Waals surface area contributed by atoms with Crippen molar-refractivity contribution in [2.24, 2.45) is 23.7 Å². The van der Waals surface area contributed by atoms with Gasteiger partial charge in [-0.25, -0.2) is 4.79 Å². The highest BCUT2D eigenvalue weighted by molar-refractivity contribution is 6.08. The molecule has 0 radical (unpaired) electrons. The Morgan fingerprint density at radius 2 is 1.61 bits per heavy atom. The Kier molecular flexibility index (Phi) is 5.86. The molecule has 166 valence electrons. The monoisotopic (exact) mass is 426 g/mol. The molecule has 4 rings (SSSR count). The lowest BCUT2D eigenvalue weighted by Gasteiger charge is -2.23. The van der Waals surface area contributed by atoms with Crippen LogP contribution in [0.5, 0.6) is 0 Å². The largest absolute Gasteiger partial charge is 0.454 e. The molecule has 0 aromatic heterocycles. The van der Waals surface area contributed by atoms with Crippen LogP contribution >= 0.6 is 0 Å². The van der Waals surface area contributed by atoms with E-state index < -0.39 is 24.5 Å². The number of para-hydroxylation sites is 1. The summed E-state index contributed by atoms with van der Waals surface area (Å²) in [4.78, 5) is 51.8. The van der Waals surface area contributed by atoms with Crippen LogP contribution in [0.3, 0.4) is 0 Å². The predicted molar refractivity (Wildman–Crippen MR) is 114 cm³/mol. The van der Waals surface area contributed by atoms with Crippen LogP contribution in [0, 0.1) is 23.7 Å². The topological polar surface area (TPSA) is 92.8 Å². The molecule has 1 saturated heterocycles. The number of amides is 3. The van der Waals surface area contributed by atoms with Crippen LogP contribution in [-0.4, -0.2) is 41.2 Å². The summed E-state index contributed by atoms with van der Waals surface area (Å²) in [6.07, 6.45) is 4.44. The molecule has 3 fully saturated rings. The summed E-state index contributed by atoms with van der Waals surface area (Å²) in [7, 11) is 0. The first-order valence-corrected chi connectivity index (χ1v) is 11.3. The van der Waals surface area contributed by atoms with E-state index in [1.165, 1.54) is 6.92 Å². The number of fused-ring (bicyclic) bond motifs is 5. The van der Waals surface area contributed by atoms with Gasteiger partial charge >= 0.3 is 5.97 Å². The number of benzene rings is 1. The van der Waals surface area contributed by atoms with Crippen molar-refractivity contribution in [3.63, 3.8) is 0 Å². The highest BCUT2D eigenvalue weighted by Gasteiger charge is 2.62. The van der Waals surface area contributed by atoms with Crippen molar-refractivity contribution < 1.29 is 23.9 Å². The molecule has 7 heteroatoms. The van der Waals surface area contributed by atoms with Gasteiger partial charge < -0.3 is 10.1 Å². The molecule has 31 heavy (non-hydrogen) atoms. The third-order valence-corrected chi connectivity index (χ3v) is 7.30. The molecule has 0 spiro atoms. The number of imide groups is 1. The minimum absolute atomic E-state index is 0.249. The highest BCUT2D eigenvalue weighted by Crippen LogP contribution is 2.56. The second kappa shape index (κ2) is 8.44. The fourth-order valence-corrected chi connectivity index (χ4v) is 5.75. The zero-order chi connectivity index (χ0) is 22.3. The average molecular weight is 427 g/mol. The van der Waals surface area contributed by atoms with E-state index in [1.807, 2.05) is 32.0 Å². The minimum atomic E-state index is -1.02. The number of nitrogens with zero attached hydrogens (tertiary/aromatic N) is 1. The van der Waals surface area contributed by atoms with Gasteiger partial charge in [0.15, 0.2) is 6.61 Å². The Labute approximate surface area is 182 Å². The van der Waals surface area contributed by atoms with Crippen molar-refractivity contribution in [1.29, 1.82) is 0 Å². The van der Waals surface area contributed by atoms with Crippen molar-refractivity contribution in [1.82, 2.24) is 4.90 Å². The summed E-state index contributed by atoms with van der Waals surface area (Å²) in [6, 6.07) is 4.85. The lowest BCUT2D eigenvalue weighted by molar-refractivity contribution is -0.159. The normalized spacial score (nSPS) is 27.4. The van der Waals surface area contributed by atoms with Crippen LogP contribution in [0.25, 0.3) is 0 Å². The summed E-state index contributed by atoms with van der Waals surface area (Å²) in [5.41, 5.74) is 2.79. The molecular formula is C24H30N2O5. The third kappa shape index (κ3) is 3.64. The summed E-state index contributed by atoms with van der Waals surface area (Å²) >= 11 is 0. The van der Waals surface area contributed by atoms with Gasteiger partial charge in [0, 0.05) is 5.69 Å². The van der Waals surface area contributed by atoms with Gasteiger partial charge in [-0.05, 0) is 62.0 Å². The Bertz CT molecular complexity index is 876. The van der Waals surface area contributed by atoms with E-state index in [0.717, 1.165) is 53.8 Å². The molecule has 1 heterocycles. The molecule has 1 N–H and O–H groups in total. The van der Waals surface area contributed by atoms with E-state index >= 15 is 0 Å². The second-order valence-electron chi connectivity index (χ2n) is 8.92. The quantitative estimate of drug-likeness (QED) is 0.535. The van der Waals surface area contributed by atoms with E-state index in [2.05, 4.69) is 5.32 Å². The molecule has 0 unspecified atom stereocenters. The maximum Gasteiger partial charge on any atom is 0.329 e. The molecule has 2 bridgehead atoms. The third-order valence-electron chi connectivity index (χ3n) is 7.30. The summed E-state index contributed by atoms with van der Waals surface area (Å²) in [5, 5.41) is 2.85. The van der Waals surface area contributed by atoms with E-state index in [4.69, 9.17) is 4.74 Å². The number of esters is 1. The Balaban J connectivity index is 1.37. The number of carbonyl (C=O) groups is 4. The zero-order valence-corrected chi connectivity index (χ0v) is 18.3. The van der Waals surface area contributed by atoms with Crippen LogP contribution in [0.4, 0.5) is 5.69 Å². The first-order chi connectivity index (χ1) is 14.9. The summed E-state index contributed by atoms with van der Waals surface area (Å²) < 4.78 is 5.19. The highest BCUT2D eigenvalue weighted by atomic mass is 16.5. The van der Waals surface area contributed by atoms with E-state index in [1.54, 1.807) is 0 Å². The molecule has 1 aliphatic heterocycles. The molecule has 1 aromatic carbocycles. The van der Waals surface area contributed by atoms with Crippen LogP contribution in [-0.2, 0) is 36.8 Å². The van der Waals surface area contributed by atoms with Crippen molar-refractivity contribution >= 4 is 29.4 Å². The number of hydrogen-bond acceptors (Lipinski definition) is 5. The minimum Gasteiger partial charge on any atom is -0.454 e. The van der Waals surface area contributed by atoms with E-state index in [0.29, 0.717) is 0 Å². The number of likely N-dealkylation sites (tertiary alicyclic amines) is 1. The first-order valence-electron chi connectivity index (χ1n) is 11.3. The Morgan fingerprint density at radius 3 is 2.13 bits per heavy atom. The number of nitrogens with one attached hydrogen (secondary N) is 1. The van der Waals surface area contributed by atoms with Gasteiger partial charge in [0.25, 0.3) is 5.91 Å². The zero-order valence-electron chi connectivity index (χ0n) is 18.3. The Morgan fingerprint density at radius 1 is 1.06 bits per heavy atom. The van der Waals surface area contributed by atoms with E-state index in [9.17, 15) is 19.2 Å². The second-order valence-corrected chi connectivity index (χ2v) is 8.92. The fourth-order valence-electron chi connectivity index (χ4n) is 5.75. The van der Waals surface area contributed by atoms with Gasteiger partial charge in [-0.1, -0.05) is 32.0 Å². The average Bonchev–Trinajstić information content (AvgIpc) is 3.45. The summed E-state index contributed by atoms with van der Waals surface area (Å²) in [5.74, 6) is -1.70. The SMILES string of the molecule is CCc1cccc(CC)c1NC(=O)COC(=O)[C@H](C)N1C(=O)[C@@H]2[C@H]3CC[C@@H](C3)[C@H]2C1=O. The molecule has 3 aliphatic rings. The van der Waals surface area contributed by atoms with Gasteiger partial charge in [0.05, 0.1) is 11.8 Å². The van der Waals surface area contributed by atoms with Crippen molar-refractivity contribution in [2.75, 3.05) is 11.9 Å². The fraction of sp³-hybridized carbons (Fsp3) is 0.583. The molecule has 2 saturated carbocycles. The number of hydrogen-bond donors (Lipinski definition) is 1. The number of anilines is 1. The Hall–Kier alpha value is -2.70.